The third-order valence-electron chi connectivity index (χ3n) is 2.58. The zero-order chi connectivity index (χ0) is 13.1. The summed E-state index contributed by atoms with van der Waals surface area (Å²) in [6, 6.07) is 5.00. The van der Waals surface area contributed by atoms with Gasteiger partial charge in [-0.1, -0.05) is 6.07 Å². The molecule has 0 radical (unpaired) electrons. The van der Waals surface area contributed by atoms with Crippen LogP contribution in [0.2, 0.25) is 0 Å². The molecule has 0 N–H and O–H groups in total. The van der Waals surface area contributed by atoms with Gasteiger partial charge in [-0.2, -0.15) is 0 Å². The fourth-order valence-electron chi connectivity index (χ4n) is 1.79. The number of carbonyl (C=O) groups excluding carboxylic acids is 2. The first-order chi connectivity index (χ1) is 8.67. The number of benzene rings is 1. The molecular weight excluding hydrogens is 252 g/mol. The lowest BCUT2D eigenvalue weighted by Crippen LogP contribution is -2.37. The summed E-state index contributed by atoms with van der Waals surface area (Å²) in [5, 5.41) is 0.837. The number of carbonyl (C=O) groups is 2. The molecule has 0 spiro atoms. The van der Waals surface area contributed by atoms with E-state index in [4.69, 9.17) is 8.85 Å². The average molecular weight is 266 g/mol. The molecule has 0 bridgehead atoms. The van der Waals surface area contributed by atoms with Crippen molar-refractivity contribution in [3.63, 3.8) is 0 Å². The predicted molar refractivity (Wildman–Crippen MR) is 66.2 cm³/mol. The van der Waals surface area contributed by atoms with E-state index in [0.717, 1.165) is 5.19 Å². The maximum absolute atomic E-state index is 11.5. The van der Waals surface area contributed by atoms with Crippen molar-refractivity contribution in [1.82, 2.24) is 0 Å². The van der Waals surface area contributed by atoms with E-state index in [0.29, 0.717) is 24.3 Å². The summed E-state index contributed by atoms with van der Waals surface area (Å²) < 4.78 is 15.7. The van der Waals surface area contributed by atoms with Crippen LogP contribution in [-0.2, 0) is 13.6 Å². The van der Waals surface area contributed by atoms with E-state index in [2.05, 4.69) is 4.74 Å². The molecule has 96 valence electrons. The van der Waals surface area contributed by atoms with Gasteiger partial charge in [0.05, 0.1) is 11.1 Å². The number of fused-ring (bicyclic) bond motifs is 1. The molecule has 0 aliphatic carbocycles. The minimum atomic E-state index is -1.99. The van der Waals surface area contributed by atoms with Gasteiger partial charge in [0.1, 0.15) is 0 Å². The molecule has 0 amide bonds. The Balaban J connectivity index is 2.32. The Kier molecular flexibility index (Phi) is 3.90. The Morgan fingerprint density at radius 2 is 1.67 bits per heavy atom. The van der Waals surface area contributed by atoms with E-state index in [1.807, 2.05) is 13.8 Å². The monoisotopic (exact) mass is 266 g/mol. The molecule has 2 rings (SSSR count). The van der Waals surface area contributed by atoms with Gasteiger partial charge >= 0.3 is 21.2 Å². The third kappa shape index (κ3) is 2.35. The minimum Gasteiger partial charge on any atom is -0.394 e. The Morgan fingerprint density at radius 1 is 1.06 bits per heavy atom. The maximum atomic E-state index is 11.5. The molecule has 0 saturated heterocycles. The molecule has 0 fully saturated rings. The average Bonchev–Trinajstić information content (AvgIpc) is 2.64. The lowest BCUT2D eigenvalue weighted by atomic mass is 10.1. The second-order valence-corrected chi connectivity index (χ2v) is 5.72. The summed E-state index contributed by atoms with van der Waals surface area (Å²) in [6.45, 7) is 4.89. The Labute approximate surface area is 107 Å². The van der Waals surface area contributed by atoms with Gasteiger partial charge in [-0.05, 0) is 31.2 Å². The summed E-state index contributed by atoms with van der Waals surface area (Å²) in [6.07, 6.45) is 0. The van der Waals surface area contributed by atoms with Crippen LogP contribution in [0.1, 0.15) is 34.6 Å². The van der Waals surface area contributed by atoms with Gasteiger partial charge in [0, 0.05) is 13.2 Å². The van der Waals surface area contributed by atoms with Gasteiger partial charge < -0.3 is 13.6 Å². The number of ether oxygens (including phenoxy) is 1. The highest BCUT2D eigenvalue weighted by atomic mass is 28.3. The first-order valence-electron chi connectivity index (χ1n) is 5.81. The van der Waals surface area contributed by atoms with Crippen molar-refractivity contribution in [1.29, 1.82) is 0 Å². The topological polar surface area (TPSA) is 61.8 Å². The van der Waals surface area contributed by atoms with Crippen LogP contribution in [0, 0.1) is 0 Å². The quantitative estimate of drug-likeness (QED) is 0.441. The van der Waals surface area contributed by atoms with Crippen LogP contribution in [0.15, 0.2) is 18.2 Å². The van der Waals surface area contributed by atoms with Crippen molar-refractivity contribution >= 4 is 26.4 Å². The highest BCUT2D eigenvalue weighted by Gasteiger charge is 2.31. The summed E-state index contributed by atoms with van der Waals surface area (Å²) in [5.41, 5.74) is 0.610. The summed E-state index contributed by atoms with van der Waals surface area (Å²) in [7, 11) is -1.99. The number of rotatable bonds is 5. The second-order valence-electron chi connectivity index (χ2n) is 3.72. The standard InChI is InChI=1S/C12H14O5Si/c1-3-15-18(16-4-2)8-5-6-9-10(7-8)12(14)17-11(9)13/h5-7,18H,3-4H2,1-2H3. The number of hydrogen-bond acceptors (Lipinski definition) is 5. The number of hydrogen-bond donors (Lipinski definition) is 0. The lowest BCUT2D eigenvalue weighted by molar-refractivity contribution is 0.0444. The SMILES string of the molecule is CCO[SiH](OCC)c1ccc2c(c1)C(=O)OC2=O. The van der Waals surface area contributed by atoms with E-state index < -0.39 is 21.2 Å². The summed E-state index contributed by atoms with van der Waals surface area (Å²) >= 11 is 0. The molecule has 1 aromatic carbocycles. The van der Waals surface area contributed by atoms with Crippen molar-refractivity contribution in [2.75, 3.05) is 13.2 Å². The molecular formula is C12H14O5Si. The molecule has 1 aromatic rings. The molecule has 1 aliphatic heterocycles. The van der Waals surface area contributed by atoms with Crippen LogP contribution >= 0.6 is 0 Å². The van der Waals surface area contributed by atoms with Crippen molar-refractivity contribution in [3.8, 4) is 0 Å². The van der Waals surface area contributed by atoms with E-state index >= 15 is 0 Å². The fraction of sp³-hybridized carbons (Fsp3) is 0.333. The second kappa shape index (κ2) is 5.43. The van der Waals surface area contributed by atoms with Gasteiger partial charge in [-0.15, -0.1) is 0 Å². The van der Waals surface area contributed by atoms with Crippen LogP contribution in [0.3, 0.4) is 0 Å². The highest BCUT2D eigenvalue weighted by Crippen LogP contribution is 2.18. The first kappa shape index (κ1) is 12.9. The van der Waals surface area contributed by atoms with Crippen molar-refractivity contribution in [2.45, 2.75) is 13.8 Å². The van der Waals surface area contributed by atoms with Gasteiger partial charge in [-0.25, -0.2) is 9.59 Å². The van der Waals surface area contributed by atoms with Crippen LogP contribution in [-0.4, -0.2) is 34.4 Å². The molecule has 0 saturated carbocycles. The van der Waals surface area contributed by atoms with Gasteiger partial charge in [0.25, 0.3) is 0 Å². The van der Waals surface area contributed by atoms with Crippen molar-refractivity contribution in [2.24, 2.45) is 0 Å². The molecule has 1 aliphatic rings. The molecule has 18 heavy (non-hydrogen) atoms. The maximum Gasteiger partial charge on any atom is 0.355 e. The Hall–Kier alpha value is -1.50. The van der Waals surface area contributed by atoms with Crippen molar-refractivity contribution < 1.29 is 23.2 Å². The smallest absolute Gasteiger partial charge is 0.355 e. The molecule has 5 nitrogen and oxygen atoms in total. The van der Waals surface area contributed by atoms with Crippen LogP contribution in [0.4, 0.5) is 0 Å². The minimum absolute atomic E-state index is 0.300. The third-order valence-corrected chi connectivity index (χ3v) is 4.75. The first-order valence-corrected chi connectivity index (χ1v) is 7.33. The highest BCUT2D eigenvalue weighted by molar-refractivity contribution is 6.61. The lowest BCUT2D eigenvalue weighted by Gasteiger charge is -2.15. The van der Waals surface area contributed by atoms with Crippen LogP contribution in [0.25, 0.3) is 0 Å². The largest absolute Gasteiger partial charge is 0.394 e. The molecule has 1 heterocycles. The number of esters is 2. The van der Waals surface area contributed by atoms with E-state index in [1.54, 1.807) is 18.2 Å². The summed E-state index contributed by atoms with van der Waals surface area (Å²) in [4.78, 5) is 22.8. The fourth-order valence-corrected chi connectivity index (χ4v) is 3.44. The van der Waals surface area contributed by atoms with E-state index in [1.165, 1.54) is 0 Å². The molecule has 0 atom stereocenters. The van der Waals surface area contributed by atoms with Gasteiger partial charge in [-0.3, -0.25) is 0 Å². The van der Waals surface area contributed by atoms with E-state index in [9.17, 15) is 9.59 Å². The predicted octanol–water partition coefficient (Wildman–Crippen LogP) is 0.498. The number of cyclic esters (lactones) is 2. The molecule has 0 aromatic heterocycles. The van der Waals surface area contributed by atoms with Crippen molar-refractivity contribution in [3.05, 3.63) is 29.3 Å². The summed E-state index contributed by atoms with van der Waals surface area (Å²) in [5.74, 6) is -1.19. The normalized spacial score (nSPS) is 13.9. The van der Waals surface area contributed by atoms with Crippen LogP contribution in [0.5, 0.6) is 0 Å². The van der Waals surface area contributed by atoms with Gasteiger partial charge in [0.15, 0.2) is 0 Å². The van der Waals surface area contributed by atoms with E-state index in [-0.39, 0.29) is 0 Å². The zero-order valence-electron chi connectivity index (χ0n) is 10.3. The van der Waals surface area contributed by atoms with Crippen LogP contribution < -0.4 is 5.19 Å². The molecule has 0 unspecified atom stereocenters. The van der Waals surface area contributed by atoms with Gasteiger partial charge in [0.2, 0.25) is 0 Å². The zero-order valence-corrected chi connectivity index (χ0v) is 11.4. The molecule has 6 heteroatoms. The Bertz CT molecular complexity index is 479. The Morgan fingerprint density at radius 3 is 2.28 bits per heavy atom.